The molecule has 1 aliphatic carbocycles. The van der Waals surface area contributed by atoms with Crippen LogP contribution in [0.15, 0.2) is 114 Å². The minimum Gasteiger partial charge on any atom is -0.377 e. The van der Waals surface area contributed by atoms with Crippen molar-refractivity contribution >= 4 is 46.1 Å². The van der Waals surface area contributed by atoms with Crippen molar-refractivity contribution in [3.8, 4) is 11.4 Å². The number of halogens is 2. The van der Waals surface area contributed by atoms with Crippen molar-refractivity contribution in [2.45, 2.75) is 62.1 Å². The Bertz CT molecular complexity index is 2360. The molecule has 3 aromatic carbocycles. The Morgan fingerprint density at radius 2 is 1.62 bits per heavy atom. The molecule has 0 radical (unpaired) electrons. The van der Waals surface area contributed by atoms with Gasteiger partial charge in [0.15, 0.2) is 28.4 Å². The molecular formula is C38H36ClFN5O6PS. The number of anilines is 1. The first-order chi connectivity index (χ1) is 25.4. The number of rotatable bonds is 12. The van der Waals surface area contributed by atoms with Crippen LogP contribution in [0.3, 0.4) is 0 Å². The molecule has 2 atom stereocenters. The van der Waals surface area contributed by atoms with Gasteiger partial charge >= 0.3 is 7.60 Å². The molecule has 0 spiro atoms. The van der Waals surface area contributed by atoms with E-state index in [1.807, 2.05) is 67.6 Å². The van der Waals surface area contributed by atoms with Gasteiger partial charge in [-0.2, -0.15) is 0 Å². The summed E-state index contributed by atoms with van der Waals surface area (Å²) in [5.41, 5.74) is 2.74. The summed E-state index contributed by atoms with van der Waals surface area (Å²) in [5, 5.41) is 13.8. The van der Waals surface area contributed by atoms with E-state index in [-0.39, 0.29) is 58.8 Å². The summed E-state index contributed by atoms with van der Waals surface area (Å²) < 4.78 is 70.6. The number of benzene rings is 3. The van der Waals surface area contributed by atoms with Crippen LogP contribution in [0.2, 0.25) is 5.02 Å². The molecule has 3 heterocycles. The summed E-state index contributed by atoms with van der Waals surface area (Å²) in [6.45, 7) is 1.75. The van der Waals surface area contributed by atoms with Crippen molar-refractivity contribution in [1.82, 2.24) is 18.9 Å². The Morgan fingerprint density at radius 3 is 2.26 bits per heavy atom. The third kappa shape index (κ3) is 7.77. The Balaban J connectivity index is 1.18. The van der Waals surface area contributed by atoms with Crippen LogP contribution < -0.4 is 5.32 Å². The monoisotopic (exact) mass is 775 g/mol. The quantitative estimate of drug-likeness (QED) is 0.116. The highest BCUT2D eigenvalue weighted by Crippen LogP contribution is 2.64. The molecule has 1 saturated carbocycles. The maximum absolute atomic E-state index is 15.4. The van der Waals surface area contributed by atoms with Crippen LogP contribution in [0.1, 0.15) is 42.4 Å². The van der Waals surface area contributed by atoms with Crippen LogP contribution >= 0.6 is 19.2 Å². The van der Waals surface area contributed by atoms with Gasteiger partial charge in [-0.3, -0.25) is 4.57 Å². The fraction of sp³-hybridized carbons (Fsp3) is 0.237. The zero-order valence-electron chi connectivity index (χ0n) is 28.6. The van der Waals surface area contributed by atoms with Gasteiger partial charge in [0, 0.05) is 35.8 Å². The highest BCUT2D eigenvalue weighted by atomic mass is 35.5. The van der Waals surface area contributed by atoms with E-state index in [0.717, 1.165) is 26.9 Å². The summed E-state index contributed by atoms with van der Waals surface area (Å²) in [6.07, 6.45) is 4.60. The molecule has 6 aromatic rings. The van der Waals surface area contributed by atoms with Gasteiger partial charge < -0.3 is 19.5 Å². The van der Waals surface area contributed by atoms with E-state index in [4.69, 9.17) is 20.6 Å². The van der Waals surface area contributed by atoms with Crippen molar-refractivity contribution in [1.29, 1.82) is 0 Å². The zero-order valence-corrected chi connectivity index (χ0v) is 31.1. The van der Waals surface area contributed by atoms with E-state index in [2.05, 4.69) is 20.3 Å². The zero-order chi connectivity index (χ0) is 37.2. The average Bonchev–Trinajstić information content (AvgIpc) is 3.54. The molecule has 7 rings (SSSR count). The summed E-state index contributed by atoms with van der Waals surface area (Å²) >= 11 is 6.30. The molecule has 274 valence electrons. The highest BCUT2D eigenvalue weighted by molar-refractivity contribution is 7.90. The lowest BCUT2D eigenvalue weighted by molar-refractivity contribution is 0.0283. The lowest BCUT2D eigenvalue weighted by atomic mass is 9.92. The number of nitrogens with one attached hydrogen (secondary N) is 1. The first-order valence-electron chi connectivity index (χ1n) is 16.9. The second-order valence-corrected chi connectivity index (χ2v) is 17.6. The number of aromatic nitrogens is 4. The number of nitrogens with zero attached hydrogens (tertiary/aromatic N) is 4. The third-order valence-electron chi connectivity index (χ3n) is 9.18. The molecule has 0 bridgehead atoms. The molecule has 0 aliphatic heterocycles. The average molecular weight is 776 g/mol. The van der Waals surface area contributed by atoms with Crippen molar-refractivity contribution < 1.29 is 31.5 Å². The van der Waals surface area contributed by atoms with E-state index in [0.29, 0.717) is 18.2 Å². The van der Waals surface area contributed by atoms with E-state index < -0.39 is 34.8 Å². The van der Waals surface area contributed by atoms with E-state index in [1.165, 1.54) is 24.5 Å². The largest absolute Gasteiger partial charge is 0.377 e. The van der Waals surface area contributed by atoms with E-state index in [1.54, 1.807) is 18.2 Å². The number of aliphatic hydroxyl groups is 1. The first kappa shape index (κ1) is 36.9. The van der Waals surface area contributed by atoms with Crippen molar-refractivity contribution in [3.63, 3.8) is 0 Å². The van der Waals surface area contributed by atoms with Crippen LogP contribution in [0.5, 0.6) is 0 Å². The number of hydrogen-bond acceptors (Lipinski definition) is 10. The van der Waals surface area contributed by atoms with Gasteiger partial charge in [0.05, 0.1) is 29.3 Å². The van der Waals surface area contributed by atoms with Crippen LogP contribution in [0.4, 0.5) is 10.2 Å². The third-order valence-corrected chi connectivity index (χ3v) is 13.4. The second kappa shape index (κ2) is 15.1. The molecule has 1 fully saturated rings. The predicted octanol–water partition coefficient (Wildman–Crippen LogP) is 8.50. The maximum atomic E-state index is 15.4. The molecule has 11 nitrogen and oxygen atoms in total. The van der Waals surface area contributed by atoms with Gasteiger partial charge in [-0.25, -0.2) is 31.7 Å². The minimum absolute atomic E-state index is 0.00922. The van der Waals surface area contributed by atoms with Crippen LogP contribution in [0.25, 0.3) is 22.4 Å². The van der Waals surface area contributed by atoms with Crippen LogP contribution in [-0.4, -0.2) is 43.8 Å². The summed E-state index contributed by atoms with van der Waals surface area (Å²) in [6, 6.07) is 25.7. The van der Waals surface area contributed by atoms with Gasteiger partial charge in [0.2, 0.25) is 0 Å². The smallest absolute Gasteiger partial charge is 0.362 e. The second-order valence-electron chi connectivity index (χ2n) is 13.0. The SMILES string of the molecule is Cc1ccc(S(=O)(=O)n2cc(-c3ncc(F)c(N[C@H]4CCC[C@@](O)(P(=O)(OCc5ccccc5)OCc5ccccc5)C4)n3)c3cc(Cl)cnc32)cc1. The van der Waals surface area contributed by atoms with Crippen molar-refractivity contribution in [2.24, 2.45) is 0 Å². The molecular weight excluding hydrogens is 740 g/mol. The van der Waals surface area contributed by atoms with E-state index >= 15 is 4.39 Å². The van der Waals surface area contributed by atoms with Crippen molar-refractivity contribution in [2.75, 3.05) is 5.32 Å². The van der Waals surface area contributed by atoms with Gasteiger partial charge in [-0.15, -0.1) is 0 Å². The fourth-order valence-electron chi connectivity index (χ4n) is 6.38. The van der Waals surface area contributed by atoms with Gasteiger partial charge in [-0.1, -0.05) is 90.0 Å². The summed E-state index contributed by atoms with van der Waals surface area (Å²) in [7, 11) is -8.32. The Labute approximate surface area is 311 Å². The molecule has 15 heteroatoms. The molecule has 3 aromatic heterocycles. The number of aryl methyl sites for hydroxylation is 1. The Morgan fingerprint density at radius 1 is 0.981 bits per heavy atom. The molecule has 0 unspecified atom stereocenters. The molecule has 0 amide bonds. The predicted molar refractivity (Wildman–Crippen MR) is 200 cm³/mol. The number of pyridine rings is 1. The number of fused-ring (bicyclic) bond motifs is 1. The molecule has 53 heavy (non-hydrogen) atoms. The Kier molecular flexibility index (Phi) is 10.5. The standard InChI is InChI=1S/C38H36ClFN5O6PS/c1-26-14-16-31(17-15-26)53(48,49)45-23-33(32-19-29(39)21-42-37(32)45)35-41-22-34(40)36(44-35)43-30-13-8-18-38(46,20-30)52(47,50-24-27-9-4-2-5-10-27)51-25-28-11-6-3-7-12-28/h2-7,9-12,14-17,19,21-23,30,46H,8,13,18,20,24-25H2,1H3,(H,41,43,44)/t30-,38+/m0/s1. The number of hydrogen-bond donors (Lipinski definition) is 2. The van der Waals surface area contributed by atoms with Crippen LogP contribution in [0, 0.1) is 12.7 Å². The van der Waals surface area contributed by atoms with Crippen LogP contribution in [-0.2, 0) is 36.8 Å². The van der Waals surface area contributed by atoms with Crippen molar-refractivity contribution in [3.05, 3.63) is 137 Å². The molecule has 1 aliphatic rings. The summed E-state index contributed by atoms with van der Waals surface area (Å²) in [5.74, 6) is -0.958. The minimum atomic E-state index is -4.21. The van der Waals surface area contributed by atoms with E-state index in [9.17, 15) is 18.1 Å². The van der Waals surface area contributed by atoms with Gasteiger partial charge in [-0.05, 0) is 55.5 Å². The summed E-state index contributed by atoms with van der Waals surface area (Å²) in [4.78, 5) is 13.0. The molecule has 2 N–H and O–H groups in total. The van der Waals surface area contributed by atoms with Gasteiger partial charge in [0.1, 0.15) is 0 Å². The topological polar surface area (TPSA) is 146 Å². The fourth-order valence-corrected chi connectivity index (χ4v) is 9.93. The normalized spacial score (nSPS) is 17.9. The molecule has 0 saturated heterocycles. The first-order valence-corrected chi connectivity index (χ1v) is 20.3. The lowest BCUT2D eigenvalue weighted by Crippen LogP contribution is -2.41. The maximum Gasteiger partial charge on any atom is 0.362 e. The lowest BCUT2D eigenvalue weighted by Gasteiger charge is -2.40. The Hall–Kier alpha value is -4.49. The van der Waals surface area contributed by atoms with Gasteiger partial charge in [0.25, 0.3) is 10.0 Å². The highest BCUT2D eigenvalue weighted by Gasteiger charge is 2.52.